The van der Waals surface area contributed by atoms with Crippen molar-refractivity contribution in [2.45, 2.75) is 220 Å². The molecule has 0 radical (unpaired) electrons. The number of rotatable bonds is 32. The molecule has 1 fully saturated rings. The molecule has 0 saturated heterocycles. The third-order valence-corrected chi connectivity index (χ3v) is 10.3. The van der Waals surface area contributed by atoms with Crippen LogP contribution >= 0.6 is 0 Å². The Balaban J connectivity index is 1.97. The Labute approximate surface area is 279 Å². The normalized spacial score (nSPS) is 17.0. The summed E-state index contributed by atoms with van der Waals surface area (Å²) in [6.07, 6.45) is 62.3. The van der Waals surface area contributed by atoms with Crippen LogP contribution in [0.5, 0.6) is 0 Å². The first-order valence-electron chi connectivity index (χ1n) is 20.3. The van der Waals surface area contributed by atoms with Crippen LogP contribution in [0, 0.1) is 11.3 Å². The summed E-state index contributed by atoms with van der Waals surface area (Å²) in [5.74, 6) is 0.974. The van der Waals surface area contributed by atoms with Crippen LogP contribution in [-0.2, 0) is 0 Å². The van der Waals surface area contributed by atoms with Crippen LogP contribution in [0.3, 0.4) is 0 Å². The minimum absolute atomic E-state index is 0.716. The molecule has 1 aliphatic rings. The van der Waals surface area contributed by atoms with Gasteiger partial charge in [0.2, 0.25) is 0 Å². The maximum Gasteiger partial charge on any atom is -0.0169 e. The lowest BCUT2D eigenvalue weighted by Crippen LogP contribution is -2.17. The second-order valence-electron chi connectivity index (χ2n) is 14.7. The first-order valence-corrected chi connectivity index (χ1v) is 20.3. The fraction of sp³-hybridized carbons (Fsp3) is 0.818. The lowest BCUT2D eigenvalue weighted by Gasteiger charge is -2.30. The van der Waals surface area contributed by atoms with Crippen molar-refractivity contribution in [2.24, 2.45) is 11.3 Å². The maximum absolute atomic E-state index is 2.52. The first-order chi connectivity index (χ1) is 21.7. The van der Waals surface area contributed by atoms with E-state index in [1.807, 2.05) is 0 Å². The lowest BCUT2D eigenvalue weighted by atomic mass is 9.76. The Kier molecular flexibility index (Phi) is 29.7. The predicted octanol–water partition coefficient (Wildman–Crippen LogP) is 16.0. The molecule has 1 atom stereocenters. The zero-order valence-corrected chi connectivity index (χ0v) is 30.6. The average Bonchev–Trinajstić information content (AvgIpc) is 3.40. The van der Waals surface area contributed by atoms with Crippen molar-refractivity contribution in [3.05, 3.63) is 48.6 Å². The van der Waals surface area contributed by atoms with E-state index >= 15 is 0 Å². The van der Waals surface area contributed by atoms with E-state index < -0.39 is 0 Å². The van der Waals surface area contributed by atoms with E-state index in [4.69, 9.17) is 0 Å². The topological polar surface area (TPSA) is 0 Å². The molecule has 0 amide bonds. The van der Waals surface area contributed by atoms with E-state index in [-0.39, 0.29) is 0 Å². The highest BCUT2D eigenvalue weighted by Crippen LogP contribution is 2.49. The summed E-state index contributed by atoms with van der Waals surface area (Å²) in [6.45, 7) is 7.07. The number of allylic oxidation sites excluding steroid dienone is 8. The smallest absolute Gasteiger partial charge is 0.0169 e. The number of hydrogen-bond acceptors (Lipinski definition) is 0. The molecular weight excluding hydrogens is 528 g/mol. The molecule has 44 heavy (non-hydrogen) atoms. The predicted molar refractivity (Wildman–Crippen MR) is 203 cm³/mol. The van der Waals surface area contributed by atoms with Gasteiger partial charge in [-0.3, -0.25) is 0 Å². The van der Waals surface area contributed by atoms with Crippen LogP contribution in [0.25, 0.3) is 0 Å². The summed E-state index contributed by atoms with van der Waals surface area (Å²) in [7, 11) is 0. The maximum atomic E-state index is 2.52. The van der Waals surface area contributed by atoms with Crippen molar-refractivity contribution < 1.29 is 0 Å². The van der Waals surface area contributed by atoms with E-state index in [9.17, 15) is 0 Å². The summed E-state index contributed by atoms with van der Waals surface area (Å²) in [4.78, 5) is 0. The zero-order chi connectivity index (χ0) is 31.7. The SMILES string of the molecule is CCCCC/C=C\C/C=C\CCCCCCCCCC1(CCCCCCCCC/C=C\C/C=C\CCCCC)CCC(C)C1. The van der Waals surface area contributed by atoms with Gasteiger partial charge in [-0.05, 0) is 101 Å². The van der Waals surface area contributed by atoms with Gasteiger partial charge in [-0.15, -0.1) is 0 Å². The third-order valence-electron chi connectivity index (χ3n) is 10.3. The fourth-order valence-electron chi connectivity index (χ4n) is 7.40. The van der Waals surface area contributed by atoms with Crippen molar-refractivity contribution in [2.75, 3.05) is 0 Å². The highest BCUT2D eigenvalue weighted by molar-refractivity contribution is 4.93. The quantitative estimate of drug-likeness (QED) is 0.0526. The van der Waals surface area contributed by atoms with Crippen molar-refractivity contribution in [1.29, 1.82) is 0 Å². The summed E-state index contributed by atoms with van der Waals surface area (Å²) in [5, 5.41) is 0. The minimum Gasteiger partial charge on any atom is -0.0882 e. The number of unbranched alkanes of at least 4 members (excludes halogenated alkanes) is 20. The second-order valence-corrected chi connectivity index (χ2v) is 14.7. The molecule has 0 aliphatic heterocycles. The van der Waals surface area contributed by atoms with Crippen LogP contribution in [0.4, 0.5) is 0 Å². The van der Waals surface area contributed by atoms with Crippen molar-refractivity contribution in [3.8, 4) is 0 Å². The molecule has 256 valence electrons. The van der Waals surface area contributed by atoms with Gasteiger partial charge in [-0.25, -0.2) is 0 Å². The van der Waals surface area contributed by atoms with Crippen LogP contribution in [0.1, 0.15) is 220 Å². The van der Waals surface area contributed by atoms with Crippen molar-refractivity contribution >= 4 is 0 Å². The molecule has 0 heteroatoms. The first kappa shape index (κ1) is 41.0. The summed E-state index contributed by atoms with van der Waals surface area (Å²) in [5.41, 5.74) is 0.716. The average molecular weight is 609 g/mol. The molecule has 0 spiro atoms. The van der Waals surface area contributed by atoms with E-state index in [0.29, 0.717) is 5.41 Å². The van der Waals surface area contributed by atoms with E-state index in [1.165, 1.54) is 186 Å². The van der Waals surface area contributed by atoms with Gasteiger partial charge in [-0.2, -0.15) is 0 Å². The van der Waals surface area contributed by atoms with Gasteiger partial charge < -0.3 is 0 Å². The van der Waals surface area contributed by atoms with Gasteiger partial charge >= 0.3 is 0 Å². The minimum atomic E-state index is 0.716. The highest BCUT2D eigenvalue weighted by atomic mass is 14.4. The van der Waals surface area contributed by atoms with Gasteiger partial charge in [0.1, 0.15) is 0 Å². The van der Waals surface area contributed by atoms with Crippen LogP contribution < -0.4 is 0 Å². The molecule has 1 aliphatic carbocycles. The van der Waals surface area contributed by atoms with Crippen molar-refractivity contribution in [1.82, 2.24) is 0 Å². The molecule has 1 unspecified atom stereocenters. The Bertz CT molecular complexity index is 641. The Morgan fingerprint density at radius 2 is 0.773 bits per heavy atom. The van der Waals surface area contributed by atoms with Gasteiger partial charge in [-0.1, -0.05) is 179 Å². The molecule has 0 aromatic carbocycles. The van der Waals surface area contributed by atoms with E-state index in [1.54, 1.807) is 0 Å². The van der Waals surface area contributed by atoms with Gasteiger partial charge in [0.15, 0.2) is 0 Å². The standard InChI is InChI=1S/C44H80/c1-4-6-8-10-12-14-16-18-20-22-24-26-28-30-32-34-36-39-44(41-38-43(3)42-44)40-37-35-33-31-29-27-25-23-21-19-17-15-13-11-9-7-5-2/h12-15,18-21,43H,4-11,16-17,22-42H2,1-3H3/b14-12-,15-13-,20-18-,21-19-. The number of hydrogen-bond donors (Lipinski definition) is 0. The van der Waals surface area contributed by atoms with E-state index in [2.05, 4.69) is 69.4 Å². The molecule has 0 aromatic heterocycles. The molecule has 0 bridgehead atoms. The third kappa shape index (κ3) is 26.2. The van der Waals surface area contributed by atoms with Gasteiger partial charge in [0.05, 0.1) is 0 Å². The Morgan fingerprint density at radius 3 is 1.11 bits per heavy atom. The van der Waals surface area contributed by atoms with Crippen LogP contribution in [0.2, 0.25) is 0 Å². The Morgan fingerprint density at radius 1 is 0.432 bits per heavy atom. The molecule has 1 rings (SSSR count). The summed E-state index contributed by atoms with van der Waals surface area (Å²) in [6, 6.07) is 0. The summed E-state index contributed by atoms with van der Waals surface area (Å²) >= 11 is 0. The van der Waals surface area contributed by atoms with Gasteiger partial charge in [0.25, 0.3) is 0 Å². The molecule has 1 saturated carbocycles. The zero-order valence-electron chi connectivity index (χ0n) is 30.6. The van der Waals surface area contributed by atoms with E-state index in [0.717, 1.165) is 18.8 Å². The largest absolute Gasteiger partial charge is 0.0882 e. The monoisotopic (exact) mass is 609 g/mol. The Hall–Kier alpha value is -1.04. The van der Waals surface area contributed by atoms with Gasteiger partial charge in [0, 0.05) is 0 Å². The molecule has 0 nitrogen and oxygen atoms in total. The van der Waals surface area contributed by atoms with Crippen molar-refractivity contribution in [3.63, 3.8) is 0 Å². The van der Waals surface area contributed by atoms with Crippen LogP contribution in [0.15, 0.2) is 48.6 Å². The fourth-order valence-corrected chi connectivity index (χ4v) is 7.40. The second kappa shape index (κ2) is 31.9. The lowest BCUT2D eigenvalue weighted by molar-refractivity contribution is 0.221. The molecule has 0 N–H and O–H groups in total. The molecular formula is C44H80. The summed E-state index contributed by atoms with van der Waals surface area (Å²) < 4.78 is 0. The molecule has 0 heterocycles. The highest BCUT2D eigenvalue weighted by Gasteiger charge is 2.35. The molecule has 0 aromatic rings. The van der Waals surface area contributed by atoms with Crippen LogP contribution in [-0.4, -0.2) is 0 Å².